The Morgan fingerprint density at radius 1 is 1.42 bits per heavy atom. The fraction of sp³-hybridized carbons (Fsp3) is 0.333. The van der Waals surface area contributed by atoms with Gasteiger partial charge >= 0.3 is 0 Å². The second-order valence-corrected chi connectivity index (χ2v) is 4.49. The van der Waals surface area contributed by atoms with Crippen molar-refractivity contribution in [1.29, 1.82) is 0 Å². The van der Waals surface area contributed by atoms with E-state index in [1.54, 1.807) is 11.0 Å². The van der Waals surface area contributed by atoms with Gasteiger partial charge in [0.25, 0.3) is 0 Å². The van der Waals surface area contributed by atoms with Crippen LogP contribution in [0.15, 0.2) is 18.2 Å². The van der Waals surface area contributed by atoms with E-state index in [0.717, 1.165) is 17.7 Å². The number of anilines is 1. The second-order valence-electron chi connectivity index (χ2n) is 4.05. The van der Waals surface area contributed by atoms with Gasteiger partial charge in [0, 0.05) is 17.3 Å². The molecule has 2 amide bonds. The number of amides is 2. The predicted molar refractivity (Wildman–Crippen MR) is 76.8 cm³/mol. The Balaban J connectivity index is 0.00000180. The minimum absolute atomic E-state index is 0. The number of carbonyl (C=O) groups is 2. The molecule has 1 heterocycles. The van der Waals surface area contributed by atoms with Crippen LogP contribution in [0.25, 0.3) is 0 Å². The monoisotopic (exact) mass is 303 g/mol. The Bertz CT molecular complexity index is 494. The second kappa shape index (κ2) is 6.75. The van der Waals surface area contributed by atoms with Gasteiger partial charge in [-0.25, -0.2) is 0 Å². The lowest BCUT2D eigenvalue weighted by atomic mass is 10.2. The Hall–Kier alpha value is -1.30. The predicted octanol–water partition coefficient (Wildman–Crippen LogP) is 0.726. The lowest BCUT2D eigenvalue weighted by molar-refractivity contribution is -0.124. The van der Waals surface area contributed by atoms with Crippen molar-refractivity contribution in [3.63, 3.8) is 0 Å². The number of carbonyl (C=O) groups excluding carboxylic acids is 2. The van der Waals surface area contributed by atoms with E-state index in [1.807, 2.05) is 12.1 Å². The van der Waals surface area contributed by atoms with Gasteiger partial charge in [0.1, 0.15) is 0 Å². The first-order chi connectivity index (χ1) is 8.61. The van der Waals surface area contributed by atoms with E-state index in [-0.39, 0.29) is 37.3 Å². The molecule has 0 spiro atoms. The maximum absolute atomic E-state index is 12.0. The lowest BCUT2D eigenvalue weighted by Crippen LogP contribution is -2.41. The summed E-state index contributed by atoms with van der Waals surface area (Å²) in [5, 5.41) is 3.06. The summed E-state index contributed by atoms with van der Waals surface area (Å²) < 4.78 is 0. The highest BCUT2D eigenvalue weighted by Gasteiger charge is 2.24. The number of rotatable bonds is 3. The summed E-state index contributed by atoms with van der Waals surface area (Å²) in [6.45, 7) is 0.463. The number of halogens is 2. The third-order valence-corrected chi connectivity index (χ3v) is 3.10. The van der Waals surface area contributed by atoms with Gasteiger partial charge in [-0.15, -0.1) is 12.4 Å². The van der Waals surface area contributed by atoms with Gasteiger partial charge < -0.3 is 16.0 Å². The van der Waals surface area contributed by atoms with Crippen LogP contribution < -0.4 is 16.0 Å². The molecule has 0 aliphatic carbocycles. The van der Waals surface area contributed by atoms with Crippen LogP contribution in [-0.4, -0.2) is 31.4 Å². The number of nitrogens with zero attached hydrogens (tertiary/aromatic N) is 1. The van der Waals surface area contributed by atoms with Crippen LogP contribution in [0.4, 0.5) is 5.69 Å². The van der Waals surface area contributed by atoms with Crippen LogP contribution in [0.1, 0.15) is 5.56 Å². The Kier molecular flexibility index (Phi) is 5.60. The highest BCUT2D eigenvalue weighted by molar-refractivity contribution is 6.31. The number of nitrogens with one attached hydrogen (secondary N) is 1. The number of nitrogens with two attached hydrogens (primary N) is 1. The first-order valence-electron chi connectivity index (χ1n) is 5.67. The molecule has 1 aliphatic heterocycles. The summed E-state index contributed by atoms with van der Waals surface area (Å²) in [7, 11) is 0. The van der Waals surface area contributed by atoms with E-state index in [0.29, 0.717) is 11.6 Å². The maximum Gasteiger partial charge on any atom is 0.246 e. The van der Waals surface area contributed by atoms with Crippen molar-refractivity contribution in [3.05, 3.63) is 28.8 Å². The fourth-order valence-electron chi connectivity index (χ4n) is 1.95. The zero-order valence-corrected chi connectivity index (χ0v) is 11.8. The van der Waals surface area contributed by atoms with Crippen molar-refractivity contribution in [3.8, 4) is 0 Å². The molecule has 104 valence electrons. The molecule has 0 fully saturated rings. The summed E-state index contributed by atoms with van der Waals surface area (Å²) in [5.41, 5.74) is 7.08. The van der Waals surface area contributed by atoms with Crippen molar-refractivity contribution in [2.45, 2.75) is 6.42 Å². The quantitative estimate of drug-likeness (QED) is 0.864. The summed E-state index contributed by atoms with van der Waals surface area (Å²) in [6.07, 6.45) is 0.809. The molecule has 0 atom stereocenters. The van der Waals surface area contributed by atoms with Crippen LogP contribution in [0, 0.1) is 0 Å². The number of hydrogen-bond acceptors (Lipinski definition) is 3. The average molecular weight is 304 g/mol. The van der Waals surface area contributed by atoms with Gasteiger partial charge in [-0.05, 0) is 24.1 Å². The molecular weight excluding hydrogens is 289 g/mol. The van der Waals surface area contributed by atoms with Gasteiger partial charge in [-0.2, -0.15) is 0 Å². The molecule has 0 unspecified atom stereocenters. The first-order valence-corrected chi connectivity index (χ1v) is 6.05. The third kappa shape index (κ3) is 3.59. The zero-order chi connectivity index (χ0) is 13.1. The van der Waals surface area contributed by atoms with Crippen molar-refractivity contribution in [1.82, 2.24) is 5.32 Å². The zero-order valence-electron chi connectivity index (χ0n) is 10.2. The third-order valence-electron chi connectivity index (χ3n) is 2.87. The largest absolute Gasteiger partial charge is 0.346 e. The minimum atomic E-state index is -0.339. The van der Waals surface area contributed by atoms with Crippen LogP contribution in [0.2, 0.25) is 5.02 Å². The number of fused-ring (bicyclic) bond motifs is 1. The van der Waals surface area contributed by atoms with Crippen LogP contribution >= 0.6 is 24.0 Å². The van der Waals surface area contributed by atoms with E-state index >= 15 is 0 Å². The summed E-state index contributed by atoms with van der Waals surface area (Å²) in [5.74, 6) is -0.494. The molecule has 0 saturated heterocycles. The normalized spacial score (nSPS) is 12.6. The molecule has 0 bridgehead atoms. The van der Waals surface area contributed by atoms with E-state index < -0.39 is 0 Å². The molecule has 1 aliphatic rings. The van der Waals surface area contributed by atoms with E-state index in [2.05, 4.69) is 5.32 Å². The molecule has 1 aromatic rings. The molecule has 3 N–H and O–H groups in total. The minimum Gasteiger partial charge on any atom is -0.346 e. The molecular formula is C12H15Cl2N3O2. The maximum atomic E-state index is 12.0. The van der Waals surface area contributed by atoms with Crippen molar-refractivity contribution >= 4 is 41.5 Å². The topological polar surface area (TPSA) is 75.4 Å². The molecule has 5 nitrogen and oxygen atoms in total. The Morgan fingerprint density at radius 3 is 2.84 bits per heavy atom. The molecule has 0 saturated carbocycles. The summed E-state index contributed by atoms with van der Waals surface area (Å²) in [4.78, 5) is 24.6. The SMILES string of the molecule is Cl.NCC(=O)NCC(=O)N1CCc2ccc(Cl)cc21. The summed E-state index contributed by atoms with van der Waals surface area (Å²) >= 11 is 5.92. The molecule has 7 heteroatoms. The molecule has 2 rings (SSSR count). The molecule has 1 aromatic carbocycles. The van der Waals surface area contributed by atoms with Crippen molar-refractivity contribution in [2.24, 2.45) is 5.73 Å². The van der Waals surface area contributed by atoms with E-state index in [4.69, 9.17) is 17.3 Å². The van der Waals surface area contributed by atoms with Gasteiger partial charge in [0.15, 0.2) is 0 Å². The number of benzene rings is 1. The highest BCUT2D eigenvalue weighted by atomic mass is 35.5. The summed E-state index contributed by atoms with van der Waals surface area (Å²) in [6, 6.07) is 5.50. The van der Waals surface area contributed by atoms with E-state index in [9.17, 15) is 9.59 Å². The van der Waals surface area contributed by atoms with Crippen molar-refractivity contribution < 1.29 is 9.59 Å². The first kappa shape index (κ1) is 15.8. The Morgan fingerprint density at radius 2 is 2.16 bits per heavy atom. The number of hydrogen-bond donors (Lipinski definition) is 2. The van der Waals surface area contributed by atoms with Crippen LogP contribution in [-0.2, 0) is 16.0 Å². The van der Waals surface area contributed by atoms with Crippen molar-refractivity contribution in [2.75, 3.05) is 24.5 Å². The average Bonchev–Trinajstić information content (AvgIpc) is 2.78. The Labute approximate surface area is 122 Å². The fourth-order valence-corrected chi connectivity index (χ4v) is 2.12. The van der Waals surface area contributed by atoms with Gasteiger partial charge in [0.2, 0.25) is 11.8 Å². The van der Waals surface area contributed by atoms with E-state index in [1.165, 1.54) is 0 Å². The van der Waals surface area contributed by atoms with Crippen LogP contribution in [0.3, 0.4) is 0 Å². The highest BCUT2D eigenvalue weighted by Crippen LogP contribution is 2.30. The smallest absolute Gasteiger partial charge is 0.246 e. The standard InChI is InChI=1S/C12H14ClN3O2.ClH/c13-9-2-1-8-3-4-16(10(8)5-9)12(18)7-15-11(17)6-14;/h1-2,5H,3-4,6-7,14H2,(H,15,17);1H. The molecule has 0 aromatic heterocycles. The lowest BCUT2D eigenvalue weighted by Gasteiger charge is -2.17. The van der Waals surface area contributed by atoms with Gasteiger partial charge in [0.05, 0.1) is 13.1 Å². The van der Waals surface area contributed by atoms with Crippen LogP contribution in [0.5, 0.6) is 0 Å². The molecule has 19 heavy (non-hydrogen) atoms. The van der Waals surface area contributed by atoms with Gasteiger partial charge in [-0.1, -0.05) is 17.7 Å². The molecule has 0 radical (unpaired) electrons. The van der Waals surface area contributed by atoms with Gasteiger partial charge in [-0.3, -0.25) is 9.59 Å².